The predicted octanol–water partition coefficient (Wildman–Crippen LogP) is 5.15. The normalized spacial score (nSPS) is 21.8. The van der Waals surface area contributed by atoms with Crippen LogP contribution in [0.5, 0.6) is 0 Å². The third kappa shape index (κ3) is 5.07. The second-order valence-corrected chi connectivity index (χ2v) is 14.4. The van der Waals surface area contributed by atoms with E-state index in [2.05, 4.69) is 38.8 Å². The van der Waals surface area contributed by atoms with Gasteiger partial charge in [0.05, 0.1) is 17.8 Å². The predicted molar refractivity (Wildman–Crippen MR) is 107 cm³/mol. The van der Waals surface area contributed by atoms with Crippen LogP contribution in [0, 0.1) is 0 Å². The summed E-state index contributed by atoms with van der Waals surface area (Å²) in [5, 5.41) is 0.132. The molecule has 1 aromatic rings. The second-order valence-electron chi connectivity index (χ2n) is 9.64. The molecule has 1 unspecified atom stereocenters. The zero-order valence-electron chi connectivity index (χ0n) is 17.5. The first-order chi connectivity index (χ1) is 11.8. The molecule has 0 aliphatic carbocycles. The summed E-state index contributed by atoms with van der Waals surface area (Å²) in [6.45, 7) is 17.4. The van der Waals surface area contributed by atoms with Crippen molar-refractivity contribution < 1.29 is 14.0 Å². The summed E-state index contributed by atoms with van der Waals surface area (Å²) in [5.41, 5.74) is 0.365. The van der Waals surface area contributed by atoms with Crippen molar-refractivity contribution >= 4 is 14.4 Å². The Morgan fingerprint density at radius 3 is 2.35 bits per heavy atom. The molecule has 1 amide bonds. The van der Waals surface area contributed by atoms with Crippen molar-refractivity contribution in [3.8, 4) is 0 Å². The molecular formula is C20H34N2O3Si. The molecule has 0 bridgehead atoms. The molecule has 2 atom stereocenters. The highest BCUT2D eigenvalue weighted by molar-refractivity contribution is 6.74. The number of likely N-dealkylation sites (tertiary alicyclic amines) is 1. The monoisotopic (exact) mass is 378 g/mol. The Morgan fingerprint density at radius 2 is 1.85 bits per heavy atom. The number of hydrogen-bond donors (Lipinski definition) is 0. The van der Waals surface area contributed by atoms with E-state index >= 15 is 0 Å². The van der Waals surface area contributed by atoms with E-state index in [0.717, 1.165) is 12.1 Å². The van der Waals surface area contributed by atoms with Crippen LogP contribution >= 0.6 is 0 Å². The van der Waals surface area contributed by atoms with Gasteiger partial charge in [-0.25, -0.2) is 4.79 Å². The Labute approximate surface area is 159 Å². The summed E-state index contributed by atoms with van der Waals surface area (Å²) in [6, 6.07) is 5.70. The standard InChI is InChI=1S/C20H34N2O3Si/c1-19(2,3)24-18(23)22-14-15(25-26(7,8)20(4,5)6)13-17(22)16-11-9-10-12-21-16/h9-12,15,17H,13-14H2,1-8H3/t15-,17?/m1/s1. The third-order valence-electron chi connectivity index (χ3n) is 5.19. The lowest BCUT2D eigenvalue weighted by molar-refractivity contribution is 0.0206. The molecule has 5 nitrogen and oxygen atoms in total. The first-order valence-electron chi connectivity index (χ1n) is 9.38. The van der Waals surface area contributed by atoms with Crippen LogP contribution in [-0.4, -0.2) is 42.5 Å². The molecule has 1 fully saturated rings. The molecule has 26 heavy (non-hydrogen) atoms. The second kappa shape index (κ2) is 7.31. The first kappa shape index (κ1) is 20.9. The van der Waals surface area contributed by atoms with Gasteiger partial charge >= 0.3 is 6.09 Å². The zero-order valence-corrected chi connectivity index (χ0v) is 18.5. The van der Waals surface area contributed by atoms with Gasteiger partial charge in [0.25, 0.3) is 0 Å². The van der Waals surface area contributed by atoms with E-state index in [0.29, 0.717) is 6.54 Å². The Bertz CT molecular complexity index is 620. The maximum absolute atomic E-state index is 12.8. The molecule has 6 heteroatoms. The Balaban J connectivity index is 2.23. The van der Waals surface area contributed by atoms with Crippen molar-refractivity contribution in [1.29, 1.82) is 0 Å². The SMILES string of the molecule is CC(C)(C)OC(=O)N1C[C@H](O[Si](C)(C)C(C)(C)C)CC1c1ccccn1. The molecule has 0 N–H and O–H groups in total. The van der Waals surface area contributed by atoms with Crippen molar-refractivity contribution in [3.63, 3.8) is 0 Å². The van der Waals surface area contributed by atoms with E-state index in [1.165, 1.54) is 0 Å². The minimum atomic E-state index is -1.91. The third-order valence-corrected chi connectivity index (χ3v) is 9.72. The average molecular weight is 379 g/mol. The fourth-order valence-electron chi connectivity index (χ4n) is 2.85. The lowest BCUT2D eigenvalue weighted by Gasteiger charge is -2.38. The minimum absolute atomic E-state index is 0.00964. The summed E-state index contributed by atoms with van der Waals surface area (Å²) in [6.07, 6.45) is 2.23. The van der Waals surface area contributed by atoms with Crippen LogP contribution in [0.2, 0.25) is 18.1 Å². The zero-order chi connectivity index (χ0) is 19.8. The number of nitrogens with zero attached hydrogens (tertiary/aromatic N) is 2. The van der Waals surface area contributed by atoms with Crippen LogP contribution in [0.15, 0.2) is 24.4 Å². The van der Waals surface area contributed by atoms with Gasteiger partial charge in [0.2, 0.25) is 0 Å². The average Bonchev–Trinajstić information content (AvgIpc) is 2.88. The molecule has 2 rings (SSSR count). The Kier molecular flexibility index (Phi) is 5.88. The van der Waals surface area contributed by atoms with Crippen LogP contribution < -0.4 is 0 Å². The molecule has 1 aromatic heterocycles. The number of ether oxygens (including phenoxy) is 1. The first-order valence-corrected chi connectivity index (χ1v) is 12.3. The van der Waals surface area contributed by atoms with Crippen molar-refractivity contribution in [2.24, 2.45) is 0 Å². The van der Waals surface area contributed by atoms with Gasteiger partial charge in [0.15, 0.2) is 8.32 Å². The van der Waals surface area contributed by atoms with Gasteiger partial charge in [-0.3, -0.25) is 9.88 Å². The molecule has 146 valence electrons. The smallest absolute Gasteiger partial charge is 0.410 e. The van der Waals surface area contributed by atoms with Gasteiger partial charge in [-0.2, -0.15) is 0 Å². The van der Waals surface area contributed by atoms with Crippen molar-refractivity contribution in [2.75, 3.05) is 6.54 Å². The number of carbonyl (C=O) groups excluding carboxylic acids is 1. The number of carbonyl (C=O) groups is 1. The molecule has 0 saturated carbocycles. The van der Waals surface area contributed by atoms with Gasteiger partial charge < -0.3 is 9.16 Å². The molecule has 1 saturated heterocycles. The summed E-state index contributed by atoms with van der Waals surface area (Å²) in [5.74, 6) is 0. The molecule has 1 aliphatic rings. The largest absolute Gasteiger partial charge is 0.444 e. The lowest BCUT2D eigenvalue weighted by Crippen LogP contribution is -2.45. The Hall–Kier alpha value is -1.40. The van der Waals surface area contributed by atoms with Crippen LogP contribution in [0.3, 0.4) is 0 Å². The molecule has 2 heterocycles. The highest BCUT2D eigenvalue weighted by Crippen LogP contribution is 2.41. The molecular weight excluding hydrogens is 344 g/mol. The van der Waals surface area contributed by atoms with E-state index in [-0.39, 0.29) is 23.3 Å². The minimum Gasteiger partial charge on any atom is -0.444 e. The number of amides is 1. The van der Waals surface area contributed by atoms with E-state index in [1.54, 1.807) is 11.1 Å². The van der Waals surface area contributed by atoms with Gasteiger partial charge in [-0.15, -0.1) is 0 Å². The van der Waals surface area contributed by atoms with E-state index in [4.69, 9.17) is 9.16 Å². The summed E-state index contributed by atoms with van der Waals surface area (Å²) < 4.78 is 12.2. The van der Waals surface area contributed by atoms with E-state index in [9.17, 15) is 4.79 Å². The molecule has 0 aromatic carbocycles. The van der Waals surface area contributed by atoms with Crippen LogP contribution in [0.4, 0.5) is 4.79 Å². The van der Waals surface area contributed by atoms with E-state index in [1.807, 2.05) is 39.0 Å². The number of pyridine rings is 1. The number of aromatic nitrogens is 1. The van der Waals surface area contributed by atoms with Crippen molar-refractivity contribution in [2.45, 2.75) is 83.8 Å². The maximum Gasteiger partial charge on any atom is 0.410 e. The van der Waals surface area contributed by atoms with Crippen LogP contribution in [0.25, 0.3) is 0 Å². The topological polar surface area (TPSA) is 51.7 Å². The van der Waals surface area contributed by atoms with Gasteiger partial charge in [0.1, 0.15) is 5.60 Å². The summed E-state index contributed by atoms with van der Waals surface area (Å²) >= 11 is 0. The maximum atomic E-state index is 12.8. The number of hydrogen-bond acceptors (Lipinski definition) is 4. The van der Waals surface area contributed by atoms with Crippen LogP contribution in [-0.2, 0) is 9.16 Å². The fourth-order valence-corrected chi connectivity index (χ4v) is 4.21. The van der Waals surface area contributed by atoms with Gasteiger partial charge in [-0.1, -0.05) is 26.8 Å². The number of rotatable bonds is 3. The Morgan fingerprint density at radius 1 is 1.19 bits per heavy atom. The van der Waals surface area contributed by atoms with Crippen molar-refractivity contribution in [1.82, 2.24) is 9.88 Å². The highest BCUT2D eigenvalue weighted by atomic mass is 28.4. The van der Waals surface area contributed by atoms with Crippen LogP contribution in [0.1, 0.15) is 59.7 Å². The highest BCUT2D eigenvalue weighted by Gasteiger charge is 2.45. The molecule has 0 spiro atoms. The fraction of sp³-hybridized carbons (Fsp3) is 0.700. The van der Waals surface area contributed by atoms with Gasteiger partial charge in [-0.05, 0) is 51.0 Å². The molecule has 0 radical (unpaired) electrons. The van der Waals surface area contributed by atoms with Crippen molar-refractivity contribution in [3.05, 3.63) is 30.1 Å². The van der Waals surface area contributed by atoms with E-state index < -0.39 is 13.9 Å². The summed E-state index contributed by atoms with van der Waals surface area (Å²) in [7, 11) is -1.91. The van der Waals surface area contributed by atoms with Gasteiger partial charge in [0, 0.05) is 19.2 Å². The molecule has 1 aliphatic heterocycles. The lowest BCUT2D eigenvalue weighted by atomic mass is 10.1. The quantitative estimate of drug-likeness (QED) is 0.682. The summed E-state index contributed by atoms with van der Waals surface area (Å²) in [4.78, 5) is 19.0.